The lowest BCUT2D eigenvalue weighted by Crippen LogP contribution is -2.52. The number of benzene rings is 2. The molecule has 14 nitrogen and oxygen atoms in total. The number of rotatable bonds is 11. The van der Waals surface area contributed by atoms with Crippen LogP contribution in [0.15, 0.2) is 53.6 Å². The van der Waals surface area contributed by atoms with E-state index in [9.17, 15) is 29.4 Å². The Balaban J connectivity index is 0.756. The van der Waals surface area contributed by atoms with E-state index >= 15 is 0 Å². The fourth-order valence-corrected chi connectivity index (χ4v) is 10.5. The molecule has 5 aliphatic rings. The minimum absolute atomic E-state index is 0.0907. The fourth-order valence-electron chi connectivity index (χ4n) is 10.5. The quantitative estimate of drug-likeness (QED) is 0.176. The van der Waals surface area contributed by atoms with Crippen molar-refractivity contribution in [3.63, 3.8) is 0 Å². The summed E-state index contributed by atoms with van der Waals surface area (Å²) in [6, 6.07) is 10.6. The summed E-state index contributed by atoms with van der Waals surface area (Å²) in [4.78, 5) is 61.6. The number of amides is 3. The van der Waals surface area contributed by atoms with Gasteiger partial charge in [-0.05, 0) is 129 Å². The number of ether oxygens (including phenoxy) is 2. The van der Waals surface area contributed by atoms with Crippen LogP contribution in [-0.2, 0) is 35.1 Å². The second kappa shape index (κ2) is 16.4. The van der Waals surface area contributed by atoms with Gasteiger partial charge in [-0.2, -0.15) is 0 Å². The Morgan fingerprint density at radius 2 is 1.69 bits per heavy atom. The number of nitrogens with one attached hydrogen (secondary N) is 1. The third kappa shape index (κ3) is 7.96. The molecule has 328 valence electrons. The topological polar surface area (TPSA) is 167 Å². The van der Waals surface area contributed by atoms with E-state index in [1.54, 1.807) is 37.5 Å². The zero-order chi connectivity index (χ0) is 43.5. The summed E-state index contributed by atoms with van der Waals surface area (Å²) >= 11 is 0. The number of phenolic OH excluding ortho intramolecular Hbond substituents is 1. The van der Waals surface area contributed by atoms with Gasteiger partial charge in [0.15, 0.2) is 0 Å². The number of piperidine rings is 3. The van der Waals surface area contributed by atoms with Gasteiger partial charge >= 0.3 is 0 Å². The minimum Gasteiger partial charge on any atom is -0.507 e. The number of aromatic nitrogens is 2. The smallest absolute Gasteiger partial charge is 0.259 e. The maximum Gasteiger partial charge on any atom is 0.259 e. The summed E-state index contributed by atoms with van der Waals surface area (Å²) in [5.41, 5.74) is 3.95. The number of hydrogen-bond acceptors (Lipinski definition) is 11. The number of imide groups is 1. The van der Waals surface area contributed by atoms with Crippen molar-refractivity contribution >= 4 is 28.5 Å². The Morgan fingerprint density at radius 1 is 0.935 bits per heavy atom. The number of methoxy groups -OCH3 is 1. The van der Waals surface area contributed by atoms with E-state index in [1.807, 2.05) is 44.2 Å². The van der Waals surface area contributed by atoms with Gasteiger partial charge in [-0.15, -0.1) is 0 Å². The van der Waals surface area contributed by atoms with E-state index in [1.165, 1.54) is 4.57 Å². The molecule has 3 N–H and O–H groups in total. The van der Waals surface area contributed by atoms with Gasteiger partial charge in [-0.25, -0.2) is 0 Å². The average molecular weight is 847 g/mol. The molecule has 9 rings (SSSR count). The SMILES string of the molecule is COc1cc(-c2cn(C)c(=O)c3cnc(C(C)(C)CO)cc23)cc(O)c1CN1CCC(CN2CCC3(CC2)CC(Oc2ccc4c(c2)C(=O)N(C2CCC(=O)NC2=O)C4)C3)CC1. The van der Waals surface area contributed by atoms with Crippen LogP contribution < -0.4 is 20.3 Å². The molecule has 1 unspecified atom stereocenters. The zero-order valence-corrected chi connectivity index (χ0v) is 36.2. The predicted molar refractivity (Wildman–Crippen MR) is 233 cm³/mol. The number of carbonyl (C=O) groups excluding carboxylic acids is 3. The lowest BCUT2D eigenvalue weighted by Gasteiger charge is -2.52. The van der Waals surface area contributed by atoms with Crippen molar-refractivity contribution in [2.24, 2.45) is 18.4 Å². The van der Waals surface area contributed by atoms with E-state index in [-0.39, 0.29) is 42.3 Å². The molecule has 0 bridgehead atoms. The number of likely N-dealkylation sites (tertiary alicyclic amines) is 2. The molecule has 4 aliphatic heterocycles. The largest absolute Gasteiger partial charge is 0.507 e. The van der Waals surface area contributed by atoms with Crippen molar-refractivity contribution in [1.29, 1.82) is 0 Å². The van der Waals surface area contributed by atoms with Crippen LogP contribution in [0.4, 0.5) is 0 Å². The Kier molecular flexibility index (Phi) is 11.1. The molecule has 1 spiro atoms. The van der Waals surface area contributed by atoms with Gasteiger partial charge in [0.2, 0.25) is 11.8 Å². The van der Waals surface area contributed by atoms with Crippen LogP contribution in [0.3, 0.4) is 0 Å². The highest BCUT2D eigenvalue weighted by Gasteiger charge is 2.47. The van der Waals surface area contributed by atoms with Crippen molar-refractivity contribution in [1.82, 2.24) is 29.6 Å². The third-order valence-electron chi connectivity index (χ3n) is 14.5. The molecule has 0 radical (unpaired) electrons. The number of pyridine rings is 2. The molecule has 2 aromatic heterocycles. The maximum atomic E-state index is 13.3. The van der Waals surface area contributed by atoms with Crippen LogP contribution in [0, 0.1) is 11.3 Å². The first-order valence-electron chi connectivity index (χ1n) is 22.1. The first kappa shape index (κ1) is 42.0. The number of fused-ring (bicyclic) bond motifs is 2. The number of aryl methyl sites for hydroxylation is 1. The van der Waals surface area contributed by atoms with E-state index in [4.69, 9.17) is 9.47 Å². The average Bonchev–Trinajstić information content (AvgIpc) is 3.57. The molecule has 6 heterocycles. The molecule has 14 heteroatoms. The van der Waals surface area contributed by atoms with Crippen LogP contribution in [-0.4, -0.2) is 111 Å². The van der Waals surface area contributed by atoms with Crippen LogP contribution in [0.2, 0.25) is 0 Å². The van der Waals surface area contributed by atoms with Crippen molar-refractivity contribution < 1.29 is 34.1 Å². The number of hydrogen-bond donors (Lipinski definition) is 3. The second-order valence-corrected chi connectivity index (χ2v) is 19.2. The number of aliphatic hydroxyl groups excluding tert-OH is 1. The lowest BCUT2D eigenvalue weighted by molar-refractivity contribution is -0.136. The highest BCUT2D eigenvalue weighted by Crippen LogP contribution is 2.51. The van der Waals surface area contributed by atoms with Crippen molar-refractivity contribution in [2.45, 2.75) is 95.9 Å². The van der Waals surface area contributed by atoms with Gasteiger partial charge in [-0.3, -0.25) is 34.4 Å². The van der Waals surface area contributed by atoms with Crippen LogP contribution >= 0.6 is 0 Å². The molecular formula is C48H58N6O8. The monoisotopic (exact) mass is 846 g/mol. The fraction of sp³-hybridized carbons (Fsp3) is 0.521. The molecular weight excluding hydrogens is 789 g/mol. The first-order valence-corrected chi connectivity index (χ1v) is 22.1. The minimum atomic E-state index is -0.623. The van der Waals surface area contributed by atoms with Crippen molar-refractivity contribution in [3.8, 4) is 28.4 Å². The van der Waals surface area contributed by atoms with E-state index in [0.717, 1.165) is 93.5 Å². The van der Waals surface area contributed by atoms with E-state index in [2.05, 4.69) is 20.1 Å². The van der Waals surface area contributed by atoms with Gasteiger partial charge in [0.25, 0.3) is 11.5 Å². The third-order valence-corrected chi connectivity index (χ3v) is 14.5. The van der Waals surface area contributed by atoms with Gasteiger partial charge in [0, 0.05) is 73.3 Å². The van der Waals surface area contributed by atoms with E-state index < -0.39 is 17.4 Å². The van der Waals surface area contributed by atoms with Gasteiger partial charge in [-0.1, -0.05) is 19.9 Å². The Hall–Kier alpha value is -5.31. The summed E-state index contributed by atoms with van der Waals surface area (Å²) in [7, 11) is 3.33. The van der Waals surface area contributed by atoms with Gasteiger partial charge in [0.05, 0.1) is 25.2 Å². The lowest BCUT2D eigenvalue weighted by atomic mass is 9.61. The molecule has 3 saturated heterocycles. The maximum absolute atomic E-state index is 13.3. The van der Waals surface area contributed by atoms with Crippen molar-refractivity contribution in [2.75, 3.05) is 46.4 Å². The molecule has 2 aromatic carbocycles. The predicted octanol–water partition coefficient (Wildman–Crippen LogP) is 4.88. The molecule has 4 fully saturated rings. The standard InChI is InChI=1S/C48H58N6O8/c1-47(2,28-55)42-20-35-36(23-49-42)45(59)51(3)26-37(35)31-17-40(56)38(41(18-31)61-4)27-52-13-9-29(10-14-52)24-53-15-11-48(12-16-53)21-33(22-48)62-32-6-5-30-25-54(46(60)34(30)19-32)39-7-8-43(57)50-44(39)58/h5-6,17-20,23,26,29,33,39,55-56H,7-16,21-22,24-25,27-28H2,1-4H3,(H,50,57,58). The summed E-state index contributed by atoms with van der Waals surface area (Å²) in [6.45, 7) is 9.84. The highest BCUT2D eigenvalue weighted by atomic mass is 16.5. The van der Waals surface area contributed by atoms with Gasteiger partial charge in [0.1, 0.15) is 23.3 Å². The molecule has 1 saturated carbocycles. The molecule has 1 atom stereocenters. The molecule has 62 heavy (non-hydrogen) atoms. The second-order valence-electron chi connectivity index (χ2n) is 19.2. The zero-order valence-electron chi connectivity index (χ0n) is 36.2. The molecule has 1 aliphatic carbocycles. The number of carbonyl (C=O) groups is 3. The molecule has 3 amide bonds. The highest BCUT2D eigenvalue weighted by molar-refractivity contribution is 6.05. The Morgan fingerprint density at radius 3 is 2.40 bits per heavy atom. The number of nitrogens with zero attached hydrogens (tertiary/aromatic N) is 5. The normalized spacial score (nSPS) is 21.3. The summed E-state index contributed by atoms with van der Waals surface area (Å²) in [5.74, 6) is 1.20. The number of aliphatic hydroxyl groups is 1. The summed E-state index contributed by atoms with van der Waals surface area (Å²) in [6.07, 6.45) is 10.6. The molecule has 4 aromatic rings. The van der Waals surface area contributed by atoms with Crippen LogP contribution in [0.25, 0.3) is 21.9 Å². The number of aromatic hydroxyl groups is 1. The first-order chi connectivity index (χ1) is 29.7. The number of phenols is 1. The van der Waals surface area contributed by atoms with E-state index in [0.29, 0.717) is 64.4 Å². The van der Waals surface area contributed by atoms with Gasteiger partial charge < -0.3 is 34.1 Å². The summed E-state index contributed by atoms with van der Waals surface area (Å²) in [5, 5.41) is 25.0. The van der Waals surface area contributed by atoms with Crippen LogP contribution in [0.1, 0.15) is 92.4 Å². The Labute approximate surface area is 361 Å². The van der Waals surface area contributed by atoms with Crippen LogP contribution in [0.5, 0.6) is 17.2 Å². The summed E-state index contributed by atoms with van der Waals surface area (Å²) < 4.78 is 13.8. The Bertz CT molecular complexity index is 2480. The van der Waals surface area contributed by atoms with Crippen molar-refractivity contribution in [3.05, 3.63) is 81.5 Å².